The molecule has 1 saturated carbocycles. The van der Waals surface area contributed by atoms with E-state index in [-0.39, 0.29) is 42.0 Å². The molecule has 35 heavy (non-hydrogen) atoms. The molecule has 4 fully saturated rings. The fourth-order valence-electron chi connectivity index (χ4n) is 5.58. The third-order valence-electron chi connectivity index (χ3n) is 7.90. The molecule has 4 aliphatic rings. The topological polar surface area (TPSA) is 96.9 Å². The number of hydrogen-bond donors (Lipinski definition) is 1. The van der Waals surface area contributed by atoms with Gasteiger partial charge in [0.05, 0.1) is 37.2 Å². The summed E-state index contributed by atoms with van der Waals surface area (Å²) in [6, 6.07) is -0.294. The highest BCUT2D eigenvalue weighted by Crippen LogP contribution is 2.31. The molecule has 1 aromatic rings. The van der Waals surface area contributed by atoms with Crippen molar-refractivity contribution in [2.75, 3.05) is 37.7 Å². The largest absolute Gasteiger partial charge is 0.376 e. The molecule has 0 spiro atoms. The molecule has 2 amide bonds. The van der Waals surface area contributed by atoms with Crippen molar-refractivity contribution in [3.63, 3.8) is 0 Å². The van der Waals surface area contributed by atoms with Crippen LogP contribution in [0.3, 0.4) is 0 Å². The molecule has 1 N–H and O–H groups in total. The van der Waals surface area contributed by atoms with Gasteiger partial charge in [-0.1, -0.05) is 6.42 Å². The van der Waals surface area contributed by atoms with Crippen molar-refractivity contribution in [3.8, 4) is 0 Å². The molecule has 9 nitrogen and oxygen atoms in total. The minimum atomic E-state index is -0.443. The number of halogens is 1. The molecular formula is C25H36FN5O4. The van der Waals surface area contributed by atoms with Gasteiger partial charge < -0.3 is 24.6 Å². The number of nitrogens with one attached hydrogen (secondary N) is 1. The fraction of sp³-hybridized carbons (Fsp3) is 0.760. The van der Waals surface area contributed by atoms with Crippen molar-refractivity contribution in [2.24, 2.45) is 5.92 Å². The van der Waals surface area contributed by atoms with Crippen LogP contribution in [-0.2, 0) is 19.1 Å². The zero-order valence-corrected chi connectivity index (χ0v) is 20.2. The predicted octanol–water partition coefficient (Wildman–Crippen LogP) is 2.06. The fourth-order valence-corrected chi connectivity index (χ4v) is 5.58. The Kier molecular flexibility index (Phi) is 7.77. The molecule has 0 bridgehead atoms. The number of carbonyl (C=O) groups is 2. The van der Waals surface area contributed by atoms with Gasteiger partial charge in [-0.3, -0.25) is 9.59 Å². The Morgan fingerprint density at radius 2 is 1.80 bits per heavy atom. The van der Waals surface area contributed by atoms with Crippen LogP contribution in [0.4, 0.5) is 10.3 Å². The van der Waals surface area contributed by atoms with Crippen molar-refractivity contribution in [1.82, 2.24) is 20.2 Å². The van der Waals surface area contributed by atoms with Crippen LogP contribution in [0, 0.1) is 11.7 Å². The average Bonchev–Trinajstić information content (AvgIpc) is 3.38. The lowest BCUT2D eigenvalue weighted by Crippen LogP contribution is -2.61. The maximum atomic E-state index is 13.2. The number of piperidine rings is 2. The summed E-state index contributed by atoms with van der Waals surface area (Å²) in [5, 5.41) is 3.20. The zero-order chi connectivity index (χ0) is 24.2. The first-order valence-corrected chi connectivity index (χ1v) is 13.1. The Morgan fingerprint density at radius 1 is 1.03 bits per heavy atom. The molecule has 0 aromatic carbocycles. The Bertz CT molecular complexity index is 869. The van der Waals surface area contributed by atoms with Crippen LogP contribution in [0.1, 0.15) is 57.8 Å². The quantitative estimate of drug-likeness (QED) is 0.626. The lowest BCUT2D eigenvalue weighted by atomic mass is 9.83. The number of ether oxygens (including phenoxy) is 2. The highest BCUT2D eigenvalue weighted by molar-refractivity contribution is 5.82. The maximum absolute atomic E-state index is 13.2. The molecule has 192 valence electrons. The van der Waals surface area contributed by atoms with Gasteiger partial charge in [0.25, 0.3) is 0 Å². The summed E-state index contributed by atoms with van der Waals surface area (Å²) in [7, 11) is 0. The van der Waals surface area contributed by atoms with Gasteiger partial charge in [-0.2, -0.15) is 0 Å². The first-order valence-electron chi connectivity index (χ1n) is 13.1. The van der Waals surface area contributed by atoms with E-state index in [1.807, 2.05) is 9.80 Å². The maximum Gasteiger partial charge on any atom is 0.249 e. The zero-order valence-electron chi connectivity index (χ0n) is 20.2. The Hall–Kier alpha value is -2.33. The molecule has 5 rings (SSSR count). The summed E-state index contributed by atoms with van der Waals surface area (Å²) < 4.78 is 25.1. The molecule has 10 heteroatoms. The molecule has 4 heterocycles. The summed E-state index contributed by atoms with van der Waals surface area (Å²) in [5.41, 5.74) is 0. The van der Waals surface area contributed by atoms with Gasteiger partial charge in [0.2, 0.25) is 17.8 Å². The van der Waals surface area contributed by atoms with Crippen LogP contribution in [-0.4, -0.2) is 83.8 Å². The summed E-state index contributed by atoms with van der Waals surface area (Å²) in [5.74, 6) is 0.351. The number of amides is 2. The molecule has 3 aliphatic heterocycles. The SMILES string of the molecule is O=C(N[C@H]1CCCN(C(=O)C2CCC2)[C@H]1COC1CCN(c2ncc(F)cn2)CC1)[C@@H]1CCCO1. The van der Waals surface area contributed by atoms with Crippen LogP contribution in [0.2, 0.25) is 0 Å². The molecule has 1 aromatic heterocycles. The number of rotatable bonds is 7. The van der Waals surface area contributed by atoms with Crippen molar-refractivity contribution in [3.05, 3.63) is 18.2 Å². The van der Waals surface area contributed by atoms with Crippen LogP contribution in [0.5, 0.6) is 0 Å². The monoisotopic (exact) mass is 489 g/mol. The molecule has 0 radical (unpaired) electrons. The molecular weight excluding hydrogens is 453 g/mol. The van der Waals surface area contributed by atoms with E-state index in [2.05, 4.69) is 15.3 Å². The van der Waals surface area contributed by atoms with Crippen LogP contribution in [0.25, 0.3) is 0 Å². The van der Waals surface area contributed by atoms with E-state index in [0.29, 0.717) is 19.2 Å². The van der Waals surface area contributed by atoms with Crippen molar-refractivity contribution < 1.29 is 23.5 Å². The number of nitrogens with zero attached hydrogens (tertiary/aromatic N) is 4. The van der Waals surface area contributed by atoms with E-state index in [9.17, 15) is 14.0 Å². The van der Waals surface area contributed by atoms with Gasteiger partial charge in [-0.15, -0.1) is 0 Å². The van der Waals surface area contributed by atoms with Gasteiger partial charge >= 0.3 is 0 Å². The second kappa shape index (κ2) is 11.2. The van der Waals surface area contributed by atoms with E-state index in [4.69, 9.17) is 9.47 Å². The van der Waals surface area contributed by atoms with Gasteiger partial charge in [0, 0.05) is 32.2 Å². The van der Waals surface area contributed by atoms with Gasteiger partial charge in [-0.05, 0) is 51.4 Å². The molecule has 1 aliphatic carbocycles. The number of carbonyl (C=O) groups excluding carboxylic acids is 2. The number of aromatic nitrogens is 2. The van der Waals surface area contributed by atoms with E-state index < -0.39 is 5.82 Å². The van der Waals surface area contributed by atoms with Crippen molar-refractivity contribution in [1.29, 1.82) is 0 Å². The van der Waals surface area contributed by atoms with E-state index in [0.717, 1.165) is 77.4 Å². The van der Waals surface area contributed by atoms with Crippen LogP contribution in [0.15, 0.2) is 12.4 Å². The molecule has 3 saturated heterocycles. The highest BCUT2D eigenvalue weighted by Gasteiger charge is 2.40. The predicted molar refractivity (Wildman–Crippen MR) is 126 cm³/mol. The minimum Gasteiger partial charge on any atom is -0.376 e. The first kappa shape index (κ1) is 24.4. The van der Waals surface area contributed by atoms with E-state index in [1.54, 1.807) is 0 Å². The standard InChI is InChI=1S/C25H36FN5O4/c26-18-14-27-25(28-15-18)30-11-8-19(9-12-30)35-16-21-20(29-23(32)22-7-3-13-34-22)6-2-10-31(21)24(33)17-4-1-5-17/h14-15,17,19-22H,1-13,16H2,(H,29,32)/t20-,21-,22-/m0/s1. The Labute approximate surface area is 205 Å². The Balaban J connectivity index is 1.19. The Morgan fingerprint density at radius 3 is 2.46 bits per heavy atom. The molecule has 3 atom stereocenters. The van der Waals surface area contributed by atoms with Gasteiger partial charge in [0.1, 0.15) is 6.10 Å². The second-order valence-corrected chi connectivity index (χ2v) is 10.2. The lowest BCUT2D eigenvalue weighted by molar-refractivity contribution is -0.147. The molecule has 0 unspecified atom stereocenters. The van der Waals surface area contributed by atoms with E-state index >= 15 is 0 Å². The smallest absolute Gasteiger partial charge is 0.249 e. The summed E-state index contributed by atoms with van der Waals surface area (Å²) in [6.07, 6.45) is 10.1. The van der Waals surface area contributed by atoms with E-state index in [1.165, 1.54) is 12.4 Å². The summed E-state index contributed by atoms with van der Waals surface area (Å²) in [6.45, 7) is 3.21. The van der Waals surface area contributed by atoms with Gasteiger partial charge in [0.15, 0.2) is 5.82 Å². The average molecular weight is 490 g/mol. The van der Waals surface area contributed by atoms with Crippen molar-refractivity contribution >= 4 is 17.8 Å². The first-order chi connectivity index (χ1) is 17.1. The lowest BCUT2D eigenvalue weighted by Gasteiger charge is -2.44. The number of hydrogen-bond acceptors (Lipinski definition) is 7. The van der Waals surface area contributed by atoms with Crippen LogP contribution >= 0.6 is 0 Å². The third-order valence-corrected chi connectivity index (χ3v) is 7.90. The summed E-state index contributed by atoms with van der Waals surface area (Å²) in [4.78, 5) is 38.2. The number of anilines is 1. The number of likely N-dealkylation sites (tertiary alicyclic amines) is 1. The normalized spacial score (nSPS) is 28.1. The van der Waals surface area contributed by atoms with Crippen molar-refractivity contribution in [2.45, 2.75) is 82.1 Å². The third kappa shape index (κ3) is 5.74. The minimum absolute atomic E-state index is 0.0591. The summed E-state index contributed by atoms with van der Waals surface area (Å²) >= 11 is 0. The van der Waals surface area contributed by atoms with Gasteiger partial charge in [-0.25, -0.2) is 14.4 Å². The second-order valence-electron chi connectivity index (χ2n) is 10.2. The van der Waals surface area contributed by atoms with Crippen LogP contribution < -0.4 is 10.2 Å². The highest BCUT2D eigenvalue weighted by atomic mass is 19.1.